The van der Waals surface area contributed by atoms with Crippen molar-refractivity contribution in [1.29, 1.82) is 0 Å². The Morgan fingerprint density at radius 3 is 2.21 bits per heavy atom. The second-order valence-electron chi connectivity index (χ2n) is 9.25. The summed E-state index contributed by atoms with van der Waals surface area (Å²) in [6, 6.07) is 28.5. The van der Waals surface area contributed by atoms with E-state index in [-0.39, 0.29) is 31.6 Å². The number of hydrogen-bond acceptors (Lipinski definition) is 4. The minimum absolute atomic E-state index is 0. The van der Waals surface area contributed by atoms with E-state index in [0.29, 0.717) is 0 Å². The molecule has 2 aromatic heterocycles. The molecule has 1 N–H and O–H groups in total. The Kier molecular flexibility index (Phi) is 9.57. The average Bonchev–Trinajstić information content (AvgIpc) is 3.26. The molecule has 5 aromatic rings. The molecular weight excluding hydrogens is 651 g/mol. The number of hydrogen-bond donors (Lipinski definition) is 1. The van der Waals surface area contributed by atoms with Crippen LogP contribution < -0.4 is 0 Å². The molecule has 1 radical (unpaired) electrons. The van der Waals surface area contributed by atoms with Crippen molar-refractivity contribution < 1.29 is 34.4 Å². The molecule has 0 saturated carbocycles. The largest absolute Gasteiger partial charge is 0.512 e. The Bertz CT molecular complexity index is 1570. The summed E-state index contributed by atoms with van der Waals surface area (Å²) in [5.41, 5.74) is 9.89. The van der Waals surface area contributed by atoms with Gasteiger partial charge in [-0.2, -0.15) is 0 Å². The first kappa shape index (κ1) is 28.8. The van der Waals surface area contributed by atoms with Crippen LogP contribution in [0.15, 0.2) is 95.2 Å². The maximum Gasteiger partial charge on any atom is 0.155 e. The topological polar surface area (TPSA) is 63.3 Å². The van der Waals surface area contributed by atoms with E-state index in [1.165, 1.54) is 42.2 Å². The van der Waals surface area contributed by atoms with Crippen molar-refractivity contribution in [2.24, 2.45) is 0 Å². The Morgan fingerprint density at radius 2 is 1.61 bits per heavy atom. The van der Waals surface area contributed by atoms with Crippen LogP contribution in [-0.2, 0) is 24.9 Å². The smallest absolute Gasteiger partial charge is 0.155 e. The molecule has 4 nitrogen and oxygen atoms in total. The van der Waals surface area contributed by atoms with Crippen molar-refractivity contribution in [3.8, 4) is 33.7 Å². The average molecular weight is 681 g/mol. The molecule has 195 valence electrons. The predicted octanol–water partition coefficient (Wildman–Crippen LogP) is 8.59. The van der Waals surface area contributed by atoms with Crippen molar-refractivity contribution in [2.45, 2.75) is 34.6 Å². The normalized spacial score (nSPS) is 10.9. The number of benzene rings is 3. The van der Waals surface area contributed by atoms with E-state index in [9.17, 15) is 4.79 Å². The van der Waals surface area contributed by atoms with Crippen LogP contribution in [0, 0.1) is 26.8 Å². The number of furan rings is 1. The minimum Gasteiger partial charge on any atom is -0.512 e. The number of carbonyl (C=O) groups is 1. The molecule has 0 amide bonds. The van der Waals surface area contributed by atoms with E-state index < -0.39 is 0 Å². The molecule has 5 heteroatoms. The fraction of sp³-hybridized carbons (Fsp3) is 0.152. The summed E-state index contributed by atoms with van der Waals surface area (Å²) in [4.78, 5) is 14.7. The Labute approximate surface area is 237 Å². The van der Waals surface area contributed by atoms with Gasteiger partial charge in [0.1, 0.15) is 5.76 Å². The van der Waals surface area contributed by atoms with Crippen LogP contribution in [0.3, 0.4) is 0 Å². The van der Waals surface area contributed by atoms with Gasteiger partial charge in [-0.3, -0.25) is 4.79 Å². The van der Waals surface area contributed by atoms with Gasteiger partial charge in [0.25, 0.3) is 0 Å². The number of carbonyl (C=O) groups excluding carboxylic acids is 1. The zero-order chi connectivity index (χ0) is 26.5. The monoisotopic (exact) mass is 681 g/mol. The summed E-state index contributed by atoms with van der Waals surface area (Å²) >= 11 is 0. The summed E-state index contributed by atoms with van der Waals surface area (Å²) in [7, 11) is 0. The second kappa shape index (κ2) is 12.6. The molecule has 3 aromatic carbocycles. The molecule has 2 heterocycles. The number of pyridine rings is 1. The number of rotatable bonds is 4. The quantitative estimate of drug-likeness (QED) is 0.117. The number of allylic oxidation sites excluding steroid dienone is 2. The third kappa shape index (κ3) is 6.95. The van der Waals surface area contributed by atoms with Crippen molar-refractivity contribution in [1.82, 2.24) is 4.98 Å². The van der Waals surface area contributed by atoms with E-state index >= 15 is 0 Å². The first-order valence-corrected chi connectivity index (χ1v) is 12.1. The van der Waals surface area contributed by atoms with Gasteiger partial charge in [-0.1, -0.05) is 54.1 Å². The van der Waals surface area contributed by atoms with Crippen molar-refractivity contribution in [3.63, 3.8) is 0 Å². The van der Waals surface area contributed by atoms with Crippen LogP contribution in [-0.4, -0.2) is 15.9 Å². The van der Waals surface area contributed by atoms with E-state index in [1.54, 1.807) is 0 Å². The molecule has 0 fully saturated rings. The number of ketones is 1. The van der Waals surface area contributed by atoms with Crippen molar-refractivity contribution in [2.75, 3.05) is 0 Å². The molecular formula is C33H30IrNO3-. The number of aliphatic hydroxyl groups excluding tert-OH is 1. The zero-order valence-electron chi connectivity index (χ0n) is 22.1. The standard InChI is InChI=1S/C28H22NO.C5H8O2.Ir/c1-18-12-19(2)28(20(3)13-18)26-16-24-15-25(29-17-27(24)30-26)23-11-7-10-22(14-23)21-8-5-4-6-9-21;1-4(6)3-5(2)7;/h4-10,12-17H,1-3H3;3,6H,1-2H3;/q-1;;/b;4-3-;. The van der Waals surface area contributed by atoms with Gasteiger partial charge < -0.3 is 14.5 Å². The third-order valence-electron chi connectivity index (χ3n) is 5.92. The van der Waals surface area contributed by atoms with Gasteiger partial charge in [-0.25, -0.2) is 0 Å². The molecule has 0 aliphatic carbocycles. The maximum atomic E-state index is 10.0. The Hall–Kier alpha value is -3.79. The fourth-order valence-corrected chi connectivity index (χ4v) is 4.50. The van der Waals surface area contributed by atoms with Crippen LogP contribution in [0.25, 0.3) is 44.7 Å². The van der Waals surface area contributed by atoms with Gasteiger partial charge in [-0.05, 0) is 63.1 Å². The van der Waals surface area contributed by atoms with Gasteiger partial charge in [0, 0.05) is 37.1 Å². The molecule has 0 atom stereocenters. The van der Waals surface area contributed by atoms with E-state index in [4.69, 9.17) is 9.52 Å². The molecule has 0 bridgehead atoms. The van der Waals surface area contributed by atoms with Crippen molar-refractivity contribution >= 4 is 16.8 Å². The molecule has 38 heavy (non-hydrogen) atoms. The number of aryl methyl sites for hydroxylation is 3. The Morgan fingerprint density at radius 1 is 0.921 bits per heavy atom. The summed E-state index contributed by atoms with van der Waals surface area (Å²) in [5.74, 6) is 0.827. The van der Waals surface area contributed by atoms with Crippen LogP contribution in [0.5, 0.6) is 0 Å². The van der Waals surface area contributed by atoms with E-state index in [1.807, 2.05) is 18.3 Å². The van der Waals surface area contributed by atoms with E-state index in [2.05, 4.69) is 92.5 Å². The first-order chi connectivity index (χ1) is 17.7. The summed E-state index contributed by atoms with van der Waals surface area (Å²) in [5, 5.41) is 9.41. The van der Waals surface area contributed by atoms with Crippen LogP contribution in [0.1, 0.15) is 30.5 Å². The molecule has 0 spiro atoms. The van der Waals surface area contributed by atoms with Crippen LogP contribution >= 0.6 is 0 Å². The number of aromatic nitrogens is 1. The number of fused-ring (bicyclic) bond motifs is 1. The predicted molar refractivity (Wildman–Crippen MR) is 150 cm³/mol. The van der Waals surface area contributed by atoms with Crippen LogP contribution in [0.4, 0.5) is 0 Å². The molecule has 0 aliphatic heterocycles. The zero-order valence-corrected chi connectivity index (χ0v) is 24.5. The van der Waals surface area contributed by atoms with Crippen molar-refractivity contribution in [3.05, 3.63) is 114 Å². The SMILES string of the molecule is CC(=O)/C=C(/C)O.Cc1cc(C)c(-c2cc3cc(-c4[c-]ccc(-c5ccccc5)c4)ncc3o2)c(C)c1.[Ir]. The number of aliphatic hydroxyl groups is 1. The van der Waals surface area contributed by atoms with Crippen LogP contribution in [0.2, 0.25) is 0 Å². The Balaban J connectivity index is 0.000000444. The van der Waals surface area contributed by atoms with Gasteiger partial charge in [0.15, 0.2) is 11.4 Å². The van der Waals surface area contributed by atoms with E-state index in [0.717, 1.165) is 39.1 Å². The first-order valence-electron chi connectivity index (χ1n) is 12.1. The number of nitrogens with zero attached hydrogens (tertiary/aromatic N) is 1. The fourth-order valence-electron chi connectivity index (χ4n) is 4.50. The minimum atomic E-state index is -0.125. The van der Waals surface area contributed by atoms with Gasteiger partial charge in [0.2, 0.25) is 0 Å². The molecule has 0 unspecified atom stereocenters. The van der Waals surface area contributed by atoms with Gasteiger partial charge in [0.05, 0.1) is 12.0 Å². The van der Waals surface area contributed by atoms with Gasteiger partial charge >= 0.3 is 0 Å². The molecule has 0 saturated heterocycles. The summed E-state index contributed by atoms with van der Waals surface area (Å²) in [6.07, 6.45) is 2.98. The second-order valence-corrected chi connectivity index (χ2v) is 9.25. The molecule has 0 aliphatic rings. The summed E-state index contributed by atoms with van der Waals surface area (Å²) < 4.78 is 6.17. The maximum absolute atomic E-state index is 10.0. The molecule has 5 rings (SSSR count). The van der Waals surface area contributed by atoms with Gasteiger partial charge in [-0.15, -0.1) is 35.4 Å². The summed E-state index contributed by atoms with van der Waals surface area (Å²) in [6.45, 7) is 9.24. The third-order valence-corrected chi connectivity index (χ3v) is 5.92.